The van der Waals surface area contributed by atoms with Gasteiger partial charge in [0.2, 0.25) is 0 Å². The van der Waals surface area contributed by atoms with Crippen LogP contribution in [0.15, 0.2) is 22.7 Å². The average Bonchev–Trinajstić information content (AvgIpc) is 2.25. The molecule has 1 aliphatic rings. The van der Waals surface area contributed by atoms with E-state index in [0.717, 1.165) is 19.4 Å². The zero-order valence-electron chi connectivity index (χ0n) is 10.2. The summed E-state index contributed by atoms with van der Waals surface area (Å²) in [5.41, 5.74) is 6.06. The Morgan fingerprint density at radius 2 is 2.17 bits per heavy atom. The van der Waals surface area contributed by atoms with Crippen molar-refractivity contribution in [1.29, 1.82) is 0 Å². The third-order valence-corrected chi connectivity index (χ3v) is 3.67. The predicted octanol–water partition coefficient (Wildman–Crippen LogP) is 2.44. The minimum Gasteiger partial charge on any atom is -0.492 e. The third-order valence-electron chi connectivity index (χ3n) is 3.21. The van der Waals surface area contributed by atoms with Gasteiger partial charge in [-0.1, -0.05) is 15.9 Å². The Bertz CT molecular complexity index is 390. The zero-order chi connectivity index (χ0) is 13.0. The molecule has 3 nitrogen and oxygen atoms in total. The molecule has 0 unspecified atom stereocenters. The van der Waals surface area contributed by atoms with E-state index in [0.29, 0.717) is 23.4 Å². The van der Waals surface area contributed by atoms with E-state index in [1.165, 1.54) is 18.6 Å². The summed E-state index contributed by atoms with van der Waals surface area (Å²) in [4.78, 5) is 0. The van der Waals surface area contributed by atoms with Crippen LogP contribution in [0.4, 0.5) is 4.39 Å². The normalized spacial score (nSPS) is 17.3. The van der Waals surface area contributed by atoms with Crippen LogP contribution in [0.25, 0.3) is 0 Å². The van der Waals surface area contributed by atoms with Crippen molar-refractivity contribution in [3.63, 3.8) is 0 Å². The largest absolute Gasteiger partial charge is 0.492 e. The number of rotatable bonds is 6. The van der Waals surface area contributed by atoms with Crippen LogP contribution in [-0.2, 0) is 0 Å². The van der Waals surface area contributed by atoms with Crippen molar-refractivity contribution in [2.75, 3.05) is 19.7 Å². The smallest absolute Gasteiger partial charge is 0.128 e. The van der Waals surface area contributed by atoms with E-state index in [9.17, 15) is 4.39 Å². The number of benzene rings is 1. The second-order valence-electron chi connectivity index (χ2n) is 4.85. The summed E-state index contributed by atoms with van der Waals surface area (Å²) in [5, 5.41) is 3.27. The lowest BCUT2D eigenvalue weighted by molar-refractivity contribution is 0.230. The van der Waals surface area contributed by atoms with Gasteiger partial charge >= 0.3 is 0 Å². The maximum Gasteiger partial charge on any atom is 0.128 e. The van der Waals surface area contributed by atoms with Crippen molar-refractivity contribution < 1.29 is 9.13 Å². The fourth-order valence-corrected chi connectivity index (χ4v) is 2.44. The molecule has 0 spiro atoms. The van der Waals surface area contributed by atoms with Crippen LogP contribution in [0.5, 0.6) is 5.75 Å². The van der Waals surface area contributed by atoms with Gasteiger partial charge in [0.15, 0.2) is 0 Å². The van der Waals surface area contributed by atoms with Crippen molar-refractivity contribution in [1.82, 2.24) is 5.32 Å². The van der Waals surface area contributed by atoms with Crippen LogP contribution in [0.3, 0.4) is 0 Å². The van der Waals surface area contributed by atoms with E-state index in [-0.39, 0.29) is 11.4 Å². The van der Waals surface area contributed by atoms with Crippen LogP contribution in [0.2, 0.25) is 0 Å². The molecule has 3 N–H and O–H groups in total. The Labute approximate surface area is 115 Å². The van der Waals surface area contributed by atoms with E-state index in [4.69, 9.17) is 10.5 Å². The molecule has 0 bridgehead atoms. The number of hydrogen-bond acceptors (Lipinski definition) is 3. The Hall–Kier alpha value is -0.650. The second kappa shape index (κ2) is 5.99. The predicted molar refractivity (Wildman–Crippen MR) is 73.2 cm³/mol. The number of nitrogens with one attached hydrogen (secondary N) is 1. The SMILES string of the molecule is NC1(CNCCOc2cc(F)cc(Br)c2)CCC1. The molecule has 0 aliphatic heterocycles. The third kappa shape index (κ3) is 3.93. The molecule has 1 aromatic carbocycles. The lowest BCUT2D eigenvalue weighted by Gasteiger charge is -2.38. The summed E-state index contributed by atoms with van der Waals surface area (Å²) in [6.45, 7) is 2.04. The molecule has 0 heterocycles. The van der Waals surface area contributed by atoms with Crippen molar-refractivity contribution in [3.8, 4) is 5.75 Å². The maximum atomic E-state index is 13.1. The van der Waals surface area contributed by atoms with Gasteiger partial charge in [0.1, 0.15) is 18.2 Å². The van der Waals surface area contributed by atoms with Crippen LogP contribution in [0, 0.1) is 5.82 Å². The lowest BCUT2D eigenvalue weighted by Crippen LogP contribution is -2.54. The molecule has 0 aromatic heterocycles. The average molecular weight is 317 g/mol. The minimum atomic E-state index is -0.303. The topological polar surface area (TPSA) is 47.3 Å². The van der Waals surface area contributed by atoms with Crippen LogP contribution in [0.1, 0.15) is 19.3 Å². The number of nitrogens with two attached hydrogens (primary N) is 1. The van der Waals surface area contributed by atoms with Gasteiger partial charge in [0.25, 0.3) is 0 Å². The summed E-state index contributed by atoms with van der Waals surface area (Å²) < 4.78 is 19.2. The van der Waals surface area contributed by atoms with Gasteiger partial charge in [-0.05, 0) is 31.4 Å². The standard InChI is InChI=1S/C13H18BrFN2O/c14-10-6-11(15)8-12(7-10)18-5-4-17-9-13(16)2-1-3-13/h6-8,17H,1-5,9,16H2. The van der Waals surface area contributed by atoms with Crippen LogP contribution in [-0.4, -0.2) is 25.2 Å². The molecule has 0 amide bonds. The first-order valence-electron chi connectivity index (χ1n) is 6.16. The van der Waals surface area contributed by atoms with Crippen molar-refractivity contribution >= 4 is 15.9 Å². The van der Waals surface area contributed by atoms with Gasteiger partial charge in [-0.2, -0.15) is 0 Å². The highest BCUT2D eigenvalue weighted by Crippen LogP contribution is 2.27. The fraction of sp³-hybridized carbons (Fsp3) is 0.538. The van der Waals surface area contributed by atoms with E-state index in [2.05, 4.69) is 21.2 Å². The number of hydrogen-bond donors (Lipinski definition) is 2. The molecule has 1 saturated carbocycles. The molecular formula is C13H18BrFN2O. The first kappa shape index (κ1) is 13.8. The Balaban J connectivity index is 1.65. The Morgan fingerprint density at radius 3 is 2.78 bits per heavy atom. The van der Waals surface area contributed by atoms with Crippen LogP contribution < -0.4 is 15.8 Å². The summed E-state index contributed by atoms with van der Waals surface area (Å²) in [6, 6.07) is 4.53. The molecule has 18 heavy (non-hydrogen) atoms. The molecule has 5 heteroatoms. The summed E-state index contributed by atoms with van der Waals surface area (Å²) in [5.74, 6) is 0.234. The molecular weight excluding hydrogens is 299 g/mol. The van der Waals surface area contributed by atoms with E-state index in [1.54, 1.807) is 6.07 Å². The highest BCUT2D eigenvalue weighted by atomic mass is 79.9. The molecule has 0 atom stereocenters. The first-order chi connectivity index (χ1) is 8.57. The molecule has 0 saturated heterocycles. The molecule has 100 valence electrons. The summed E-state index contributed by atoms with van der Waals surface area (Å²) >= 11 is 3.23. The molecule has 1 aliphatic carbocycles. The Morgan fingerprint density at radius 1 is 1.39 bits per heavy atom. The van der Waals surface area contributed by atoms with Crippen molar-refractivity contribution in [2.45, 2.75) is 24.8 Å². The molecule has 0 radical (unpaired) electrons. The summed E-state index contributed by atoms with van der Waals surface area (Å²) in [7, 11) is 0. The second-order valence-corrected chi connectivity index (χ2v) is 5.76. The van der Waals surface area contributed by atoms with Gasteiger partial charge in [-0.15, -0.1) is 0 Å². The zero-order valence-corrected chi connectivity index (χ0v) is 11.8. The van der Waals surface area contributed by atoms with Crippen molar-refractivity contribution in [2.24, 2.45) is 5.73 Å². The monoisotopic (exact) mass is 316 g/mol. The number of halogens is 2. The van der Waals surface area contributed by atoms with Gasteiger partial charge < -0.3 is 15.8 Å². The summed E-state index contributed by atoms with van der Waals surface area (Å²) in [6.07, 6.45) is 3.42. The Kier molecular flexibility index (Phi) is 4.59. The minimum absolute atomic E-state index is 0.0120. The highest BCUT2D eigenvalue weighted by Gasteiger charge is 2.31. The van der Waals surface area contributed by atoms with Gasteiger partial charge in [-0.25, -0.2) is 4.39 Å². The molecule has 2 rings (SSSR count). The van der Waals surface area contributed by atoms with Gasteiger partial charge in [-0.3, -0.25) is 0 Å². The maximum absolute atomic E-state index is 13.1. The van der Waals surface area contributed by atoms with Crippen LogP contribution >= 0.6 is 15.9 Å². The number of ether oxygens (including phenoxy) is 1. The molecule has 1 fully saturated rings. The van der Waals surface area contributed by atoms with Gasteiger partial charge in [0, 0.05) is 29.2 Å². The molecule has 1 aromatic rings. The first-order valence-corrected chi connectivity index (χ1v) is 6.95. The quantitative estimate of drug-likeness (QED) is 0.792. The van der Waals surface area contributed by atoms with Crippen molar-refractivity contribution in [3.05, 3.63) is 28.5 Å². The highest BCUT2D eigenvalue weighted by molar-refractivity contribution is 9.10. The van der Waals surface area contributed by atoms with E-state index < -0.39 is 0 Å². The fourth-order valence-electron chi connectivity index (χ4n) is 2.00. The lowest BCUT2D eigenvalue weighted by atomic mass is 9.78. The van der Waals surface area contributed by atoms with E-state index >= 15 is 0 Å². The van der Waals surface area contributed by atoms with E-state index in [1.807, 2.05) is 0 Å². The van der Waals surface area contributed by atoms with Gasteiger partial charge in [0.05, 0.1) is 0 Å².